The van der Waals surface area contributed by atoms with E-state index in [1.54, 1.807) is 0 Å². The van der Waals surface area contributed by atoms with Gasteiger partial charge in [-0.25, -0.2) is 0 Å². The first-order valence-corrected chi connectivity index (χ1v) is 9.88. The van der Waals surface area contributed by atoms with Crippen LogP contribution in [-0.2, 0) is 4.74 Å². The quantitative estimate of drug-likeness (QED) is 0.599. The van der Waals surface area contributed by atoms with Crippen molar-refractivity contribution in [3.63, 3.8) is 0 Å². The Kier molecular flexibility index (Phi) is 6.05. The fraction of sp³-hybridized carbons (Fsp3) is 0.929. The summed E-state index contributed by atoms with van der Waals surface area (Å²) in [5, 5.41) is 0. The van der Waals surface area contributed by atoms with Gasteiger partial charge in [-0.1, -0.05) is 45.3 Å². The number of rotatable bonds is 7. The molecular formula is C14H29OSi. The van der Waals surface area contributed by atoms with Crippen LogP contribution in [0.15, 0.2) is 0 Å². The molecule has 2 atom stereocenters. The van der Waals surface area contributed by atoms with Crippen molar-refractivity contribution in [2.45, 2.75) is 70.8 Å². The fourth-order valence-electron chi connectivity index (χ4n) is 3.37. The molecule has 1 nitrogen and oxygen atoms in total. The molecule has 0 aromatic carbocycles. The van der Waals surface area contributed by atoms with Crippen molar-refractivity contribution in [3.8, 4) is 0 Å². The summed E-state index contributed by atoms with van der Waals surface area (Å²) in [6, 6.07) is 4.15. The molecule has 1 fully saturated rings. The molecule has 1 rings (SSSR count). The van der Waals surface area contributed by atoms with Crippen molar-refractivity contribution in [2.75, 3.05) is 6.61 Å². The van der Waals surface area contributed by atoms with E-state index in [4.69, 9.17) is 4.74 Å². The Morgan fingerprint density at radius 1 is 1.19 bits per heavy atom. The first-order chi connectivity index (χ1) is 7.74. The molecular weight excluding hydrogens is 212 g/mol. The highest BCUT2D eigenvalue weighted by Gasteiger charge is 2.42. The molecule has 1 radical (unpaired) electrons. The molecule has 1 saturated carbocycles. The highest BCUT2D eigenvalue weighted by atomic mass is 28.3. The van der Waals surface area contributed by atoms with E-state index >= 15 is 0 Å². The Hall–Kier alpha value is 0.177. The summed E-state index contributed by atoms with van der Waals surface area (Å²) < 4.78 is 6.19. The van der Waals surface area contributed by atoms with Crippen molar-refractivity contribution in [2.24, 2.45) is 5.92 Å². The lowest BCUT2D eigenvalue weighted by Crippen LogP contribution is -2.51. The molecule has 0 saturated heterocycles. The second-order valence-corrected chi connectivity index (χ2v) is 10.5. The van der Waals surface area contributed by atoms with E-state index in [2.05, 4.69) is 34.1 Å². The van der Waals surface area contributed by atoms with Gasteiger partial charge in [-0.05, 0) is 32.1 Å². The lowest BCUT2D eigenvalue weighted by Gasteiger charge is -2.40. The number of ether oxygens (including phenoxy) is 1. The SMILES string of the molecule is CCOC(C1[CH]CCC1)[Si](CC)(CC)CC. The third kappa shape index (κ3) is 2.89. The van der Waals surface area contributed by atoms with Gasteiger partial charge in [0.1, 0.15) is 0 Å². The summed E-state index contributed by atoms with van der Waals surface area (Å²) in [4.78, 5) is 0. The lowest BCUT2D eigenvalue weighted by atomic mass is 10.1. The molecule has 0 aromatic heterocycles. The second kappa shape index (κ2) is 6.80. The first-order valence-electron chi connectivity index (χ1n) is 7.19. The van der Waals surface area contributed by atoms with Crippen molar-refractivity contribution in [3.05, 3.63) is 6.42 Å². The van der Waals surface area contributed by atoms with Gasteiger partial charge in [0.05, 0.1) is 13.8 Å². The van der Waals surface area contributed by atoms with Crippen LogP contribution in [0.5, 0.6) is 0 Å². The monoisotopic (exact) mass is 241 g/mol. The Balaban J connectivity index is 2.79. The molecule has 2 heteroatoms. The Morgan fingerprint density at radius 3 is 2.19 bits per heavy atom. The van der Waals surface area contributed by atoms with Crippen molar-refractivity contribution in [1.29, 1.82) is 0 Å². The molecule has 95 valence electrons. The average Bonchev–Trinajstić information content (AvgIpc) is 2.84. The Bertz CT molecular complexity index is 175. The minimum absolute atomic E-state index is 0.597. The predicted octanol–water partition coefficient (Wildman–Crippen LogP) is 4.44. The van der Waals surface area contributed by atoms with Gasteiger partial charge < -0.3 is 4.74 Å². The van der Waals surface area contributed by atoms with Crippen LogP contribution in [0.25, 0.3) is 0 Å². The normalized spacial score (nSPS) is 20.2. The number of hydrogen-bond acceptors (Lipinski definition) is 1. The third-order valence-electron chi connectivity index (χ3n) is 4.66. The smallest absolute Gasteiger partial charge is 0.0872 e. The molecule has 0 N–H and O–H groups in total. The second-order valence-electron chi connectivity index (χ2n) is 5.13. The maximum atomic E-state index is 6.19. The van der Waals surface area contributed by atoms with E-state index in [1.807, 2.05) is 0 Å². The minimum atomic E-state index is -1.19. The third-order valence-corrected chi connectivity index (χ3v) is 10.7. The lowest BCUT2D eigenvalue weighted by molar-refractivity contribution is 0.0787. The van der Waals surface area contributed by atoms with E-state index < -0.39 is 8.07 Å². The van der Waals surface area contributed by atoms with Crippen molar-refractivity contribution < 1.29 is 4.74 Å². The molecule has 1 aliphatic carbocycles. The van der Waals surface area contributed by atoms with Gasteiger partial charge in [-0.15, -0.1) is 0 Å². The minimum Gasteiger partial charge on any atom is -0.382 e. The van der Waals surface area contributed by atoms with E-state index in [0.717, 1.165) is 12.5 Å². The Labute approximate surface area is 103 Å². The highest BCUT2D eigenvalue weighted by molar-refractivity contribution is 6.81. The van der Waals surface area contributed by atoms with Crippen LogP contribution in [0, 0.1) is 12.3 Å². The Morgan fingerprint density at radius 2 is 1.81 bits per heavy atom. The average molecular weight is 241 g/mol. The predicted molar refractivity (Wildman–Crippen MR) is 74.3 cm³/mol. The van der Waals surface area contributed by atoms with Gasteiger partial charge in [0, 0.05) is 6.61 Å². The highest BCUT2D eigenvalue weighted by Crippen LogP contribution is 2.37. The zero-order valence-electron chi connectivity index (χ0n) is 11.6. The fourth-order valence-corrected chi connectivity index (χ4v) is 7.80. The van der Waals surface area contributed by atoms with Crippen LogP contribution in [0.3, 0.4) is 0 Å². The molecule has 0 aliphatic heterocycles. The molecule has 0 aromatic rings. The maximum Gasteiger partial charge on any atom is 0.0872 e. The van der Waals surface area contributed by atoms with E-state index in [1.165, 1.54) is 37.4 Å². The standard InChI is InChI=1S/C14H29OSi/c1-5-15-14(13-11-9-10-12-13)16(6-2,7-3)8-4/h11,13-14H,5-10,12H2,1-4H3. The van der Waals surface area contributed by atoms with Crippen molar-refractivity contribution in [1.82, 2.24) is 0 Å². The van der Waals surface area contributed by atoms with Crippen molar-refractivity contribution >= 4 is 8.07 Å². The zero-order valence-corrected chi connectivity index (χ0v) is 12.6. The van der Waals surface area contributed by atoms with Gasteiger partial charge in [-0.2, -0.15) is 0 Å². The molecule has 0 amide bonds. The van der Waals surface area contributed by atoms with Crippen LogP contribution in [0.2, 0.25) is 18.1 Å². The van der Waals surface area contributed by atoms with Crippen LogP contribution >= 0.6 is 0 Å². The van der Waals surface area contributed by atoms with E-state index in [0.29, 0.717) is 5.73 Å². The summed E-state index contributed by atoms with van der Waals surface area (Å²) in [5.41, 5.74) is 0.597. The van der Waals surface area contributed by atoms with E-state index in [-0.39, 0.29) is 0 Å². The van der Waals surface area contributed by atoms with Gasteiger partial charge in [0.2, 0.25) is 0 Å². The van der Waals surface area contributed by atoms with Crippen LogP contribution in [0.4, 0.5) is 0 Å². The van der Waals surface area contributed by atoms with Crippen LogP contribution < -0.4 is 0 Å². The van der Waals surface area contributed by atoms with Gasteiger partial charge >= 0.3 is 0 Å². The first kappa shape index (κ1) is 14.2. The van der Waals surface area contributed by atoms with Crippen LogP contribution in [-0.4, -0.2) is 20.4 Å². The summed E-state index contributed by atoms with van der Waals surface area (Å²) >= 11 is 0. The molecule has 0 bridgehead atoms. The van der Waals surface area contributed by atoms with Gasteiger partial charge in [0.25, 0.3) is 0 Å². The molecule has 2 unspecified atom stereocenters. The number of hydrogen-bond donors (Lipinski definition) is 0. The maximum absolute atomic E-state index is 6.19. The van der Waals surface area contributed by atoms with Gasteiger partial charge in [-0.3, -0.25) is 0 Å². The topological polar surface area (TPSA) is 9.23 Å². The summed E-state index contributed by atoms with van der Waals surface area (Å²) in [6.07, 6.45) is 6.62. The largest absolute Gasteiger partial charge is 0.382 e. The molecule has 16 heavy (non-hydrogen) atoms. The summed E-state index contributed by atoms with van der Waals surface area (Å²) in [5.74, 6) is 0.770. The molecule has 1 aliphatic rings. The summed E-state index contributed by atoms with van der Waals surface area (Å²) in [7, 11) is -1.19. The van der Waals surface area contributed by atoms with E-state index in [9.17, 15) is 0 Å². The van der Waals surface area contributed by atoms with Gasteiger partial charge in [0.15, 0.2) is 0 Å². The zero-order chi connectivity index (χ0) is 12.0. The van der Waals surface area contributed by atoms with Crippen LogP contribution in [0.1, 0.15) is 47.0 Å². The molecule has 0 spiro atoms. The summed E-state index contributed by atoms with van der Waals surface area (Å²) in [6.45, 7) is 10.2. The molecule has 0 heterocycles.